The molecule has 7 nitrogen and oxygen atoms in total. The Morgan fingerprint density at radius 2 is 1.77 bits per heavy atom. The normalized spacial score (nSPS) is 27.7. The zero-order valence-corrected chi connectivity index (χ0v) is 17.9. The van der Waals surface area contributed by atoms with Crippen molar-refractivity contribution in [3.8, 4) is 5.75 Å². The first kappa shape index (κ1) is 20.0. The number of piperazine rings is 1. The number of urea groups is 1. The first-order chi connectivity index (χ1) is 15.0. The number of rotatable bonds is 5. The molecule has 0 radical (unpaired) electrons. The summed E-state index contributed by atoms with van der Waals surface area (Å²) in [4.78, 5) is 30.0. The number of amides is 3. The minimum atomic E-state index is -0.984. The van der Waals surface area contributed by atoms with Gasteiger partial charge in [-0.1, -0.05) is 30.3 Å². The number of fused-ring (bicyclic) bond motifs is 1. The third-order valence-corrected chi connectivity index (χ3v) is 6.88. The van der Waals surface area contributed by atoms with Gasteiger partial charge in [0.15, 0.2) is 6.67 Å². The molecule has 3 aliphatic heterocycles. The topological polar surface area (TPSA) is 67.5 Å². The first-order valence-electron chi connectivity index (χ1n) is 11.1. The van der Waals surface area contributed by atoms with E-state index in [9.17, 15) is 9.59 Å². The van der Waals surface area contributed by atoms with Crippen molar-refractivity contribution in [3.63, 3.8) is 0 Å². The van der Waals surface area contributed by atoms with Crippen LogP contribution < -0.4 is 19.9 Å². The van der Waals surface area contributed by atoms with Crippen LogP contribution in [0.25, 0.3) is 0 Å². The molecule has 0 unspecified atom stereocenters. The summed E-state index contributed by atoms with van der Waals surface area (Å²) in [6.07, 6.45) is 1.00. The summed E-state index contributed by atoms with van der Waals surface area (Å²) >= 11 is 0. The predicted octanol–water partition coefficient (Wildman–Crippen LogP) is -0.670. The van der Waals surface area contributed by atoms with Crippen LogP contribution >= 0.6 is 0 Å². The Balaban J connectivity index is 1.17. The van der Waals surface area contributed by atoms with Gasteiger partial charge in [0.2, 0.25) is 0 Å². The maximum Gasteiger partial charge on any atom is 0.329 e. The number of imide groups is 1. The fraction of sp³-hybridized carbons (Fsp3) is 0.417. The van der Waals surface area contributed by atoms with E-state index < -0.39 is 5.54 Å². The highest BCUT2D eigenvalue weighted by atomic mass is 16.5. The molecule has 0 aromatic heterocycles. The molecule has 2 saturated heterocycles. The van der Waals surface area contributed by atoms with Gasteiger partial charge in [0.1, 0.15) is 44.0 Å². The second-order valence-electron chi connectivity index (χ2n) is 9.03. The molecular formula is C24H30N4O3+2. The molecule has 2 aromatic carbocycles. The maximum absolute atomic E-state index is 13.1. The Bertz CT molecular complexity index is 988. The average molecular weight is 423 g/mol. The van der Waals surface area contributed by atoms with Crippen LogP contribution in [0.3, 0.4) is 0 Å². The molecule has 2 aromatic rings. The quantitative estimate of drug-likeness (QED) is 0.560. The lowest BCUT2D eigenvalue weighted by Gasteiger charge is -2.31. The summed E-state index contributed by atoms with van der Waals surface area (Å²) in [6.45, 7) is 7.98. The van der Waals surface area contributed by atoms with Crippen molar-refractivity contribution in [2.45, 2.75) is 25.4 Å². The van der Waals surface area contributed by atoms with Gasteiger partial charge in [-0.2, -0.15) is 0 Å². The van der Waals surface area contributed by atoms with Crippen LogP contribution in [-0.2, 0) is 23.3 Å². The first-order valence-corrected chi connectivity index (χ1v) is 11.1. The van der Waals surface area contributed by atoms with Crippen molar-refractivity contribution in [1.82, 2.24) is 10.2 Å². The minimum absolute atomic E-state index is 0.161. The van der Waals surface area contributed by atoms with E-state index >= 15 is 0 Å². The highest BCUT2D eigenvalue weighted by Crippen LogP contribution is 2.28. The van der Waals surface area contributed by atoms with Gasteiger partial charge in [-0.3, -0.25) is 4.79 Å². The number of benzene rings is 2. The van der Waals surface area contributed by atoms with E-state index in [1.165, 1.54) is 20.9 Å². The van der Waals surface area contributed by atoms with Crippen LogP contribution in [0.2, 0.25) is 0 Å². The van der Waals surface area contributed by atoms with Crippen molar-refractivity contribution in [1.29, 1.82) is 0 Å². The van der Waals surface area contributed by atoms with Crippen molar-refractivity contribution in [3.05, 3.63) is 65.2 Å². The molecule has 31 heavy (non-hydrogen) atoms. The Labute approximate surface area is 182 Å². The molecular weight excluding hydrogens is 392 g/mol. The number of nitrogens with zero attached hydrogens (tertiary/aromatic N) is 1. The number of carbonyl (C=O) groups is 2. The molecule has 3 heterocycles. The summed E-state index contributed by atoms with van der Waals surface area (Å²) in [5, 5.41) is 2.91. The second-order valence-corrected chi connectivity index (χ2v) is 9.03. The van der Waals surface area contributed by atoms with E-state index in [2.05, 4.69) is 23.5 Å². The molecule has 3 aliphatic rings. The van der Waals surface area contributed by atoms with E-state index in [4.69, 9.17) is 4.74 Å². The molecule has 3 N–H and O–H groups in total. The highest BCUT2D eigenvalue weighted by molar-refractivity contribution is 6.07. The smallest absolute Gasteiger partial charge is 0.329 e. The van der Waals surface area contributed by atoms with Crippen molar-refractivity contribution >= 4 is 11.9 Å². The maximum atomic E-state index is 13.1. The van der Waals surface area contributed by atoms with Gasteiger partial charge in [0.25, 0.3) is 5.91 Å². The number of nitrogens with one attached hydrogen (secondary N) is 3. The van der Waals surface area contributed by atoms with Gasteiger partial charge >= 0.3 is 6.03 Å². The molecule has 0 bridgehead atoms. The Morgan fingerprint density at radius 3 is 2.55 bits per heavy atom. The van der Waals surface area contributed by atoms with Gasteiger partial charge in [-0.05, 0) is 36.2 Å². The Morgan fingerprint density at radius 1 is 1.03 bits per heavy atom. The molecule has 162 valence electrons. The number of carbonyl (C=O) groups excluding carboxylic acids is 2. The number of ether oxygens (including phenoxy) is 1. The van der Waals surface area contributed by atoms with E-state index in [-0.39, 0.29) is 11.9 Å². The number of hydrogen-bond acceptors (Lipinski definition) is 3. The third kappa shape index (κ3) is 3.79. The zero-order chi connectivity index (χ0) is 21.4. The Kier molecular flexibility index (Phi) is 5.16. The van der Waals surface area contributed by atoms with Crippen LogP contribution in [0.4, 0.5) is 4.79 Å². The Hall–Kier alpha value is -2.90. The summed E-state index contributed by atoms with van der Waals surface area (Å²) in [7, 11) is 0. The monoisotopic (exact) mass is 422 g/mol. The van der Waals surface area contributed by atoms with Crippen molar-refractivity contribution in [2.75, 3.05) is 39.5 Å². The predicted molar refractivity (Wildman–Crippen MR) is 115 cm³/mol. The number of hydrogen-bond donors (Lipinski definition) is 3. The third-order valence-electron chi connectivity index (χ3n) is 6.88. The lowest BCUT2D eigenvalue weighted by atomic mass is 9.92. The zero-order valence-electron chi connectivity index (χ0n) is 17.9. The van der Waals surface area contributed by atoms with Gasteiger partial charge < -0.3 is 19.9 Å². The van der Waals surface area contributed by atoms with Crippen LogP contribution in [0.15, 0.2) is 48.5 Å². The van der Waals surface area contributed by atoms with Gasteiger partial charge in [0, 0.05) is 12.0 Å². The van der Waals surface area contributed by atoms with E-state index in [0.29, 0.717) is 6.67 Å². The van der Waals surface area contributed by atoms with Gasteiger partial charge in [-0.25, -0.2) is 9.69 Å². The summed E-state index contributed by atoms with van der Waals surface area (Å²) in [5.41, 5.74) is 2.51. The summed E-state index contributed by atoms with van der Waals surface area (Å²) < 4.78 is 5.61. The van der Waals surface area contributed by atoms with Crippen LogP contribution in [0, 0.1) is 0 Å². The molecule has 0 spiro atoms. The summed E-state index contributed by atoms with van der Waals surface area (Å²) in [6, 6.07) is 15.7. The summed E-state index contributed by atoms with van der Waals surface area (Å²) in [5.74, 6) is 0.871. The van der Waals surface area contributed by atoms with E-state index in [1.807, 2.05) is 30.3 Å². The molecule has 5 rings (SSSR count). The van der Waals surface area contributed by atoms with Gasteiger partial charge in [-0.15, -0.1) is 0 Å². The largest absolute Gasteiger partial charge is 0.493 e. The van der Waals surface area contributed by atoms with E-state index in [1.54, 1.807) is 11.8 Å². The molecule has 1 atom stereocenters. The molecule has 2 fully saturated rings. The molecule has 3 amide bonds. The van der Waals surface area contributed by atoms with Crippen molar-refractivity contribution in [2.24, 2.45) is 0 Å². The highest BCUT2D eigenvalue weighted by Gasteiger charge is 2.50. The SMILES string of the molecule is C[C@@]1(c2ccccc2)NC(=O)N(C[NH+]2CC[NH+](Cc3ccc4c(c3)CCO4)CC2)C1=O. The van der Waals surface area contributed by atoms with Crippen LogP contribution in [0.1, 0.15) is 23.6 Å². The molecule has 0 aliphatic carbocycles. The van der Waals surface area contributed by atoms with E-state index in [0.717, 1.165) is 57.1 Å². The lowest BCUT2D eigenvalue weighted by Crippen LogP contribution is -3.28. The standard InChI is InChI=1S/C24H28N4O3/c1-24(20-5-3-2-4-6-20)22(29)28(23(30)25-24)17-27-12-10-26(11-13-27)16-18-7-8-21-19(15-18)9-14-31-21/h2-8,15H,9-14,16-17H2,1H3,(H,25,30)/p+2/t24-/m0/s1. The van der Waals surface area contributed by atoms with Crippen LogP contribution in [-0.4, -0.2) is 56.3 Å². The molecule has 0 saturated carbocycles. The fourth-order valence-electron chi connectivity index (χ4n) is 4.96. The second kappa shape index (κ2) is 7.98. The van der Waals surface area contributed by atoms with Gasteiger partial charge in [0.05, 0.1) is 6.61 Å². The number of quaternary nitrogens is 2. The van der Waals surface area contributed by atoms with Crippen molar-refractivity contribution < 1.29 is 24.1 Å². The van der Waals surface area contributed by atoms with Crippen LogP contribution in [0.5, 0.6) is 5.75 Å². The lowest BCUT2D eigenvalue weighted by molar-refractivity contribution is -1.02. The average Bonchev–Trinajstić information content (AvgIpc) is 3.34. The molecule has 7 heteroatoms. The minimum Gasteiger partial charge on any atom is -0.493 e. The fourth-order valence-corrected chi connectivity index (χ4v) is 4.96.